The van der Waals surface area contributed by atoms with Crippen LogP contribution in [0.5, 0.6) is 0 Å². The van der Waals surface area contributed by atoms with Crippen molar-refractivity contribution in [1.82, 2.24) is 5.32 Å². The number of amides is 1. The molecule has 0 aromatic rings. The van der Waals surface area contributed by atoms with Crippen LogP contribution in [-0.2, 0) is 4.79 Å². The Balaban J connectivity index is 1.28. The average Bonchev–Trinajstić information content (AvgIpc) is 2.72. The minimum absolute atomic E-state index is 0.313. The summed E-state index contributed by atoms with van der Waals surface area (Å²) >= 11 is 0. The highest BCUT2D eigenvalue weighted by atomic mass is 16.2. The fraction of sp³-hybridized carbons (Fsp3) is 0.947. The van der Waals surface area contributed by atoms with E-state index in [2.05, 4.69) is 5.32 Å². The van der Waals surface area contributed by atoms with Gasteiger partial charge in [-0.1, -0.05) is 0 Å². The van der Waals surface area contributed by atoms with Crippen molar-refractivity contribution in [1.29, 1.82) is 0 Å². The van der Waals surface area contributed by atoms with Gasteiger partial charge in [0.05, 0.1) is 13.1 Å². The molecule has 2 N–H and O–H groups in total. The normalized spacial score (nSPS) is 41.4. The fourth-order valence-corrected chi connectivity index (χ4v) is 6.49. The molecule has 0 atom stereocenters. The van der Waals surface area contributed by atoms with Crippen LogP contribution in [0.25, 0.3) is 0 Å². The highest BCUT2D eigenvalue weighted by Crippen LogP contribution is 2.59. The number of quaternary nitrogens is 1. The molecule has 0 unspecified atom stereocenters. The standard InChI is InChI=1S/C19H32N2O/c22-18(13-21-5-3-1-2-4-6-21)20-14-19-10-15-7-16(11-19)9-17(8-15)12-19/h15-17H,1-14H2,(H,20,22)/p+1. The van der Waals surface area contributed by atoms with Crippen molar-refractivity contribution in [2.75, 3.05) is 26.2 Å². The number of carbonyl (C=O) groups is 1. The zero-order valence-electron chi connectivity index (χ0n) is 14.0. The van der Waals surface area contributed by atoms with Gasteiger partial charge in [0.15, 0.2) is 6.54 Å². The first kappa shape index (κ1) is 15.0. The first-order chi connectivity index (χ1) is 10.7. The summed E-state index contributed by atoms with van der Waals surface area (Å²) in [4.78, 5) is 13.9. The van der Waals surface area contributed by atoms with E-state index in [1.54, 1.807) is 0 Å². The Morgan fingerprint density at radius 3 is 2.00 bits per heavy atom. The summed E-state index contributed by atoms with van der Waals surface area (Å²) in [5, 5.41) is 3.35. The van der Waals surface area contributed by atoms with Crippen LogP contribution in [0, 0.1) is 23.2 Å². The Morgan fingerprint density at radius 1 is 0.909 bits per heavy atom. The lowest BCUT2D eigenvalue weighted by molar-refractivity contribution is -0.891. The van der Waals surface area contributed by atoms with Crippen molar-refractivity contribution < 1.29 is 9.69 Å². The second kappa shape index (κ2) is 6.14. The number of nitrogens with one attached hydrogen (secondary N) is 2. The highest BCUT2D eigenvalue weighted by Gasteiger charge is 2.50. The Labute approximate surface area is 135 Å². The van der Waals surface area contributed by atoms with E-state index in [9.17, 15) is 4.79 Å². The zero-order chi connectivity index (χ0) is 15.0. The van der Waals surface area contributed by atoms with Gasteiger partial charge >= 0.3 is 0 Å². The van der Waals surface area contributed by atoms with Crippen molar-refractivity contribution in [2.45, 2.75) is 64.2 Å². The van der Waals surface area contributed by atoms with Crippen LogP contribution < -0.4 is 10.2 Å². The lowest BCUT2D eigenvalue weighted by atomic mass is 9.49. The molecule has 1 amide bonds. The monoisotopic (exact) mass is 305 g/mol. The molecule has 5 aliphatic rings. The van der Waals surface area contributed by atoms with Gasteiger partial charge in [0.2, 0.25) is 0 Å². The molecule has 0 aromatic heterocycles. The van der Waals surface area contributed by atoms with Gasteiger partial charge in [-0.15, -0.1) is 0 Å². The van der Waals surface area contributed by atoms with Crippen LogP contribution in [0.2, 0.25) is 0 Å². The largest absolute Gasteiger partial charge is 0.351 e. The van der Waals surface area contributed by atoms with Gasteiger partial charge in [-0.05, 0) is 87.4 Å². The van der Waals surface area contributed by atoms with E-state index in [1.165, 1.54) is 82.2 Å². The summed E-state index contributed by atoms with van der Waals surface area (Å²) in [5.74, 6) is 3.27. The molecule has 0 spiro atoms. The maximum Gasteiger partial charge on any atom is 0.275 e. The summed E-state index contributed by atoms with van der Waals surface area (Å²) in [6.07, 6.45) is 14.0. The number of rotatable bonds is 4. The maximum atomic E-state index is 12.4. The first-order valence-electron chi connectivity index (χ1n) is 9.81. The van der Waals surface area contributed by atoms with E-state index in [-0.39, 0.29) is 0 Å². The van der Waals surface area contributed by atoms with Crippen LogP contribution >= 0.6 is 0 Å². The molecular weight excluding hydrogens is 272 g/mol. The quantitative estimate of drug-likeness (QED) is 0.815. The molecule has 1 saturated heterocycles. The van der Waals surface area contributed by atoms with Crippen LogP contribution in [-0.4, -0.2) is 32.1 Å². The lowest BCUT2D eigenvalue weighted by Gasteiger charge is -2.56. The fourth-order valence-electron chi connectivity index (χ4n) is 6.49. The molecule has 4 saturated carbocycles. The Bertz CT molecular complexity index is 376. The number of carbonyl (C=O) groups excluding carboxylic acids is 1. The third-order valence-corrected chi connectivity index (χ3v) is 7.05. The van der Waals surface area contributed by atoms with Gasteiger partial charge in [-0.3, -0.25) is 4.79 Å². The van der Waals surface area contributed by atoms with Crippen LogP contribution in [0.4, 0.5) is 0 Å². The Kier molecular flexibility index (Phi) is 4.19. The molecule has 5 fully saturated rings. The summed E-state index contributed by atoms with van der Waals surface area (Å²) in [6, 6.07) is 0. The lowest BCUT2D eigenvalue weighted by Crippen LogP contribution is -3.13. The second-order valence-electron chi connectivity index (χ2n) is 9.04. The third kappa shape index (κ3) is 3.20. The van der Waals surface area contributed by atoms with Crippen LogP contribution in [0.3, 0.4) is 0 Å². The van der Waals surface area contributed by atoms with Gasteiger partial charge in [0.1, 0.15) is 0 Å². The second-order valence-corrected chi connectivity index (χ2v) is 9.04. The van der Waals surface area contributed by atoms with Crippen LogP contribution in [0.15, 0.2) is 0 Å². The van der Waals surface area contributed by atoms with Gasteiger partial charge < -0.3 is 10.2 Å². The molecule has 4 bridgehead atoms. The molecule has 5 rings (SSSR count). The predicted molar refractivity (Wildman–Crippen MR) is 87.6 cm³/mol. The molecular formula is C19H33N2O+. The summed E-state index contributed by atoms with van der Waals surface area (Å²) < 4.78 is 0. The van der Waals surface area contributed by atoms with E-state index in [0.29, 0.717) is 17.9 Å². The number of likely N-dealkylation sites (tertiary alicyclic amines) is 1. The van der Waals surface area contributed by atoms with E-state index >= 15 is 0 Å². The first-order valence-corrected chi connectivity index (χ1v) is 9.81. The van der Waals surface area contributed by atoms with Gasteiger partial charge in [-0.2, -0.15) is 0 Å². The van der Waals surface area contributed by atoms with Crippen molar-refractivity contribution in [2.24, 2.45) is 23.2 Å². The van der Waals surface area contributed by atoms with Crippen molar-refractivity contribution >= 4 is 5.91 Å². The number of hydrogen-bond donors (Lipinski definition) is 2. The molecule has 0 aromatic carbocycles. The van der Waals surface area contributed by atoms with E-state index < -0.39 is 0 Å². The van der Waals surface area contributed by atoms with Gasteiger partial charge in [0.25, 0.3) is 5.91 Å². The van der Waals surface area contributed by atoms with Gasteiger partial charge in [-0.25, -0.2) is 0 Å². The molecule has 3 heteroatoms. The van der Waals surface area contributed by atoms with Crippen molar-refractivity contribution in [3.05, 3.63) is 0 Å². The Morgan fingerprint density at radius 2 is 1.45 bits per heavy atom. The van der Waals surface area contributed by atoms with E-state index in [0.717, 1.165) is 24.3 Å². The molecule has 3 nitrogen and oxygen atoms in total. The third-order valence-electron chi connectivity index (χ3n) is 7.05. The Hall–Kier alpha value is -0.570. The topological polar surface area (TPSA) is 33.5 Å². The molecule has 1 heterocycles. The molecule has 4 aliphatic carbocycles. The summed E-state index contributed by atoms with van der Waals surface area (Å²) in [7, 11) is 0. The maximum absolute atomic E-state index is 12.4. The minimum Gasteiger partial charge on any atom is -0.351 e. The summed E-state index contributed by atoms with van der Waals surface area (Å²) in [6.45, 7) is 4.09. The van der Waals surface area contributed by atoms with E-state index in [1.807, 2.05) is 0 Å². The minimum atomic E-state index is 0.313. The smallest absolute Gasteiger partial charge is 0.275 e. The number of hydrogen-bond acceptors (Lipinski definition) is 1. The highest BCUT2D eigenvalue weighted by molar-refractivity contribution is 5.76. The summed E-state index contributed by atoms with van der Waals surface area (Å²) in [5.41, 5.74) is 0.485. The van der Waals surface area contributed by atoms with Crippen molar-refractivity contribution in [3.63, 3.8) is 0 Å². The average molecular weight is 305 g/mol. The molecule has 124 valence electrons. The zero-order valence-corrected chi connectivity index (χ0v) is 14.0. The SMILES string of the molecule is O=C(C[NH+]1CCCCCC1)NCC12CC3CC(CC(C3)C1)C2. The molecule has 0 radical (unpaired) electrons. The molecule has 1 aliphatic heterocycles. The van der Waals surface area contributed by atoms with Crippen molar-refractivity contribution in [3.8, 4) is 0 Å². The van der Waals surface area contributed by atoms with Gasteiger partial charge in [0, 0.05) is 6.54 Å². The van der Waals surface area contributed by atoms with Crippen LogP contribution in [0.1, 0.15) is 64.2 Å². The van der Waals surface area contributed by atoms with E-state index in [4.69, 9.17) is 0 Å². The predicted octanol–water partition coefficient (Wildman–Crippen LogP) is 1.78. The molecule has 22 heavy (non-hydrogen) atoms.